The van der Waals surface area contributed by atoms with Crippen molar-refractivity contribution < 1.29 is 24.2 Å². The molecule has 0 bridgehead atoms. The molecular formula is C28H35ClO5. The van der Waals surface area contributed by atoms with Crippen molar-refractivity contribution in [3.05, 3.63) is 59.1 Å². The van der Waals surface area contributed by atoms with Crippen LogP contribution in [-0.2, 0) is 25.5 Å². The molecule has 2 aromatic rings. The zero-order valence-corrected chi connectivity index (χ0v) is 20.7. The van der Waals surface area contributed by atoms with Gasteiger partial charge in [-0.25, -0.2) is 0 Å². The van der Waals surface area contributed by atoms with Crippen molar-refractivity contribution in [2.75, 3.05) is 6.61 Å². The predicted octanol–water partition coefficient (Wildman–Crippen LogP) is 6.89. The third-order valence-electron chi connectivity index (χ3n) is 5.79. The van der Waals surface area contributed by atoms with Crippen LogP contribution < -0.4 is 0 Å². The van der Waals surface area contributed by atoms with Crippen molar-refractivity contribution in [1.82, 2.24) is 0 Å². The van der Waals surface area contributed by atoms with E-state index in [1.165, 1.54) is 0 Å². The Hall–Kier alpha value is -2.66. The number of ether oxygens (including phenoxy) is 1. The lowest BCUT2D eigenvalue weighted by molar-refractivity contribution is -0.144. The number of rotatable bonds is 16. The summed E-state index contributed by atoms with van der Waals surface area (Å²) in [4.78, 5) is 35.7. The molecule has 6 heteroatoms. The second-order valence-electron chi connectivity index (χ2n) is 8.66. The van der Waals surface area contributed by atoms with Crippen molar-refractivity contribution in [3.8, 4) is 11.1 Å². The number of benzene rings is 2. The number of ketones is 1. The minimum atomic E-state index is -0.963. The Morgan fingerprint density at radius 3 is 2.26 bits per heavy atom. The van der Waals surface area contributed by atoms with E-state index in [2.05, 4.69) is 6.92 Å². The number of carboxylic acids is 1. The van der Waals surface area contributed by atoms with Crippen LogP contribution >= 0.6 is 11.6 Å². The van der Waals surface area contributed by atoms with Crippen molar-refractivity contribution >= 4 is 29.3 Å². The van der Waals surface area contributed by atoms with Crippen LogP contribution in [0.3, 0.4) is 0 Å². The van der Waals surface area contributed by atoms with Crippen LogP contribution in [0, 0.1) is 5.92 Å². The number of halogens is 1. The molecule has 0 heterocycles. The average Bonchev–Trinajstić information content (AvgIpc) is 2.81. The molecule has 0 aliphatic heterocycles. The zero-order valence-electron chi connectivity index (χ0n) is 19.9. The van der Waals surface area contributed by atoms with Gasteiger partial charge in [0.25, 0.3) is 0 Å². The van der Waals surface area contributed by atoms with Crippen LogP contribution in [0.2, 0.25) is 5.02 Å². The number of hydrogen-bond donors (Lipinski definition) is 1. The topological polar surface area (TPSA) is 80.7 Å². The van der Waals surface area contributed by atoms with E-state index >= 15 is 0 Å². The summed E-state index contributed by atoms with van der Waals surface area (Å²) in [5, 5.41) is 9.96. The number of carbonyl (C=O) groups excluding carboxylic acids is 2. The van der Waals surface area contributed by atoms with E-state index in [1.54, 1.807) is 0 Å². The Labute approximate surface area is 207 Å². The molecule has 0 saturated carbocycles. The molecule has 34 heavy (non-hydrogen) atoms. The van der Waals surface area contributed by atoms with Gasteiger partial charge in [-0.3, -0.25) is 14.4 Å². The number of carbonyl (C=O) groups is 3. The minimum Gasteiger partial charge on any atom is -0.481 e. The Morgan fingerprint density at radius 1 is 0.912 bits per heavy atom. The van der Waals surface area contributed by atoms with E-state index in [0.717, 1.165) is 48.8 Å². The highest BCUT2D eigenvalue weighted by molar-refractivity contribution is 6.30. The summed E-state index contributed by atoms with van der Waals surface area (Å²) < 4.78 is 5.14. The molecule has 0 radical (unpaired) electrons. The molecule has 0 aromatic heterocycles. The normalized spacial score (nSPS) is 11.7. The number of Topliss-reactive ketones (excluding diaryl/α,β-unsaturated/α-hetero) is 1. The molecule has 0 aliphatic carbocycles. The fourth-order valence-electron chi connectivity index (χ4n) is 3.83. The van der Waals surface area contributed by atoms with E-state index in [0.29, 0.717) is 37.3 Å². The van der Waals surface area contributed by atoms with Gasteiger partial charge in [-0.05, 0) is 54.5 Å². The summed E-state index contributed by atoms with van der Waals surface area (Å²) >= 11 is 6.07. The maximum absolute atomic E-state index is 12.7. The van der Waals surface area contributed by atoms with Gasteiger partial charge >= 0.3 is 11.9 Å². The highest BCUT2D eigenvalue weighted by Crippen LogP contribution is 2.24. The van der Waals surface area contributed by atoms with Gasteiger partial charge in [-0.1, -0.05) is 74.2 Å². The average molecular weight is 487 g/mol. The number of aliphatic carboxylic acids is 1. The Bertz CT molecular complexity index is 923. The maximum atomic E-state index is 12.7. The van der Waals surface area contributed by atoms with E-state index in [9.17, 15) is 19.5 Å². The van der Waals surface area contributed by atoms with Crippen LogP contribution in [0.15, 0.2) is 48.5 Å². The monoisotopic (exact) mass is 486 g/mol. The summed E-state index contributed by atoms with van der Waals surface area (Å²) in [5.41, 5.74) is 2.96. The van der Waals surface area contributed by atoms with Gasteiger partial charge in [0.15, 0.2) is 0 Å². The number of hydrogen-bond acceptors (Lipinski definition) is 4. The SMILES string of the molecule is CCCCOC(=O)CCCCCCC(=O)[C@@H](CC(=O)O)Cc1ccc(-c2cccc(Cl)c2)cc1. The van der Waals surface area contributed by atoms with Gasteiger partial charge in [0.1, 0.15) is 5.78 Å². The van der Waals surface area contributed by atoms with Gasteiger partial charge in [-0.2, -0.15) is 0 Å². The lowest BCUT2D eigenvalue weighted by Crippen LogP contribution is -2.20. The van der Waals surface area contributed by atoms with Crippen LogP contribution in [0.5, 0.6) is 0 Å². The number of carboxylic acid groups (broad SMARTS) is 1. The lowest BCUT2D eigenvalue weighted by Gasteiger charge is -2.14. The summed E-state index contributed by atoms with van der Waals surface area (Å²) in [7, 11) is 0. The van der Waals surface area contributed by atoms with E-state index in [-0.39, 0.29) is 18.2 Å². The predicted molar refractivity (Wildman–Crippen MR) is 135 cm³/mol. The fraction of sp³-hybridized carbons (Fsp3) is 0.464. The first-order valence-electron chi connectivity index (χ1n) is 12.1. The largest absolute Gasteiger partial charge is 0.481 e. The Morgan fingerprint density at radius 2 is 1.62 bits per heavy atom. The second-order valence-corrected chi connectivity index (χ2v) is 9.10. The highest BCUT2D eigenvalue weighted by Gasteiger charge is 2.21. The molecular weight excluding hydrogens is 452 g/mol. The van der Waals surface area contributed by atoms with Gasteiger partial charge in [-0.15, -0.1) is 0 Å². The van der Waals surface area contributed by atoms with Crippen LogP contribution in [0.25, 0.3) is 11.1 Å². The first-order chi connectivity index (χ1) is 16.4. The fourth-order valence-corrected chi connectivity index (χ4v) is 4.02. The Kier molecular flexibility index (Phi) is 12.4. The molecule has 0 aliphatic rings. The minimum absolute atomic E-state index is 0.0136. The molecule has 2 rings (SSSR count). The molecule has 0 spiro atoms. The third kappa shape index (κ3) is 10.5. The molecule has 1 N–H and O–H groups in total. The van der Waals surface area contributed by atoms with Crippen molar-refractivity contribution in [2.45, 2.75) is 71.1 Å². The van der Waals surface area contributed by atoms with Gasteiger partial charge in [0.2, 0.25) is 0 Å². The van der Waals surface area contributed by atoms with E-state index in [4.69, 9.17) is 16.3 Å². The van der Waals surface area contributed by atoms with E-state index in [1.807, 2.05) is 48.5 Å². The summed E-state index contributed by atoms with van der Waals surface area (Å²) in [6.07, 6.45) is 6.03. The molecule has 184 valence electrons. The van der Waals surface area contributed by atoms with E-state index < -0.39 is 11.9 Å². The summed E-state index contributed by atoms with van der Waals surface area (Å²) in [6, 6.07) is 15.4. The quantitative estimate of drug-likeness (QED) is 0.206. The van der Waals surface area contributed by atoms with Crippen LogP contribution in [0.4, 0.5) is 0 Å². The van der Waals surface area contributed by atoms with Gasteiger partial charge in [0, 0.05) is 23.8 Å². The first kappa shape index (κ1) is 27.6. The first-order valence-corrected chi connectivity index (χ1v) is 12.5. The third-order valence-corrected chi connectivity index (χ3v) is 6.02. The maximum Gasteiger partial charge on any atom is 0.305 e. The molecule has 0 saturated heterocycles. The van der Waals surface area contributed by atoms with Crippen LogP contribution in [-0.4, -0.2) is 29.4 Å². The lowest BCUT2D eigenvalue weighted by atomic mass is 9.89. The smallest absolute Gasteiger partial charge is 0.305 e. The van der Waals surface area contributed by atoms with Crippen molar-refractivity contribution in [2.24, 2.45) is 5.92 Å². The molecule has 5 nitrogen and oxygen atoms in total. The van der Waals surface area contributed by atoms with Gasteiger partial charge in [0.05, 0.1) is 13.0 Å². The zero-order chi connectivity index (χ0) is 24.8. The molecule has 1 atom stereocenters. The Balaban J connectivity index is 1.79. The molecule has 0 amide bonds. The standard InChI is InChI=1S/C28H35ClO5/c1-2-3-17-34-28(33)12-7-5-4-6-11-26(30)24(20-27(31)32)18-21-13-15-22(16-14-21)23-9-8-10-25(29)19-23/h8-10,13-16,19,24H,2-7,11-12,17-18,20H2,1H3,(H,31,32)/t24-/m1/s1. The van der Waals surface area contributed by atoms with Crippen LogP contribution in [0.1, 0.15) is 70.3 Å². The number of esters is 1. The highest BCUT2D eigenvalue weighted by atomic mass is 35.5. The van der Waals surface area contributed by atoms with Crippen molar-refractivity contribution in [3.63, 3.8) is 0 Å². The molecule has 2 aromatic carbocycles. The van der Waals surface area contributed by atoms with Crippen molar-refractivity contribution in [1.29, 1.82) is 0 Å². The molecule has 0 unspecified atom stereocenters. The number of unbranched alkanes of at least 4 members (excludes halogenated alkanes) is 4. The summed E-state index contributed by atoms with van der Waals surface area (Å²) in [6.45, 7) is 2.53. The summed E-state index contributed by atoms with van der Waals surface area (Å²) in [5.74, 6) is -1.67. The second kappa shape index (κ2) is 15.3. The molecule has 0 fully saturated rings. The van der Waals surface area contributed by atoms with Gasteiger partial charge < -0.3 is 9.84 Å².